The zero-order valence-electron chi connectivity index (χ0n) is 11.4. The maximum absolute atomic E-state index is 13.2. The lowest BCUT2D eigenvalue weighted by Gasteiger charge is -2.28. The van der Waals surface area contributed by atoms with Crippen molar-refractivity contribution in [2.75, 3.05) is 0 Å². The lowest BCUT2D eigenvalue weighted by atomic mass is 9.98. The third-order valence-electron chi connectivity index (χ3n) is 3.43. The van der Waals surface area contributed by atoms with Crippen LogP contribution in [0.1, 0.15) is 39.2 Å². The summed E-state index contributed by atoms with van der Waals surface area (Å²) in [6.07, 6.45) is 1.24. The van der Waals surface area contributed by atoms with Crippen LogP contribution in [0.3, 0.4) is 0 Å². The average molecular weight is 289 g/mol. The smallest absolute Gasteiger partial charge is 0.241 e. The first kappa shape index (κ1) is 16.1. The average Bonchev–Trinajstić information content (AvgIpc) is 2.38. The van der Waals surface area contributed by atoms with Crippen LogP contribution in [0.15, 0.2) is 23.1 Å². The Balaban J connectivity index is 3.24. The lowest BCUT2D eigenvalue weighted by molar-refractivity contribution is 0.278. The van der Waals surface area contributed by atoms with E-state index >= 15 is 0 Å². The van der Waals surface area contributed by atoms with Gasteiger partial charge in [-0.3, -0.25) is 0 Å². The van der Waals surface area contributed by atoms with Crippen molar-refractivity contribution in [1.29, 1.82) is 0 Å². The maximum atomic E-state index is 13.2. The maximum Gasteiger partial charge on any atom is 0.241 e. The first-order chi connectivity index (χ1) is 8.78. The van der Waals surface area contributed by atoms with Crippen LogP contribution in [0.4, 0.5) is 4.39 Å². The number of rotatable bonds is 6. The topological polar surface area (TPSA) is 66.4 Å². The van der Waals surface area contributed by atoms with Crippen LogP contribution in [-0.2, 0) is 16.6 Å². The largest absolute Gasteiger partial charge is 0.392 e. The summed E-state index contributed by atoms with van der Waals surface area (Å²) in [5, 5.41) is 9.17. The summed E-state index contributed by atoms with van der Waals surface area (Å²) < 4.78 is 40.4. The Labute approximate surface area is 113 Å². The van der Waals surface area contributed by atoms with Crippen LogP contribution in [0.5, 0.6) is 0 Å². The number of aliphatic hydroxyl groups excluding tert-OH is 1. The van der Waals surface area contributed by atoms with E-state index in [1.165, 1.54) is 6.07 Å². The highest BCUT2D eigenvalue weighted by molar-refractivity contribution is 7.89. The predicted molar refractivity (Wildman–Crippen MR) is 71.6 cm³/mol. The van der Waals surface area contributed by atoms with Gasteiger partial charge >= 0.3 is 0 Å². The van der Waals surface area contributed by atoms with Crippen LogP contribution in [-0.4, -0.2) is 19.1 Å². The normalized spacial score (nSPS) is 12.7. The number of hydrogen-bond donors (Lipinski definition) is 2. The summed E-state index contributed by atoms with van der Waals surface area (Å²) in [5.41, 5.74) is -0.402. The molecule has 1 rings (SSSR count). The van der Waals surface area contributed by atoms with E-state index in [0.29, 0.717) is 12.8 Å². The fraction of sp³-hybridized carbons (Fsp3) is 0.538. The Morgan fingerprint density at radius 1 is 1.32 bits per heavy atom. The molecule has 108 valence electrons. The van der Waals surface area contributed by atoms with Crippen LogP contribution >= 0.6 is 0 Å². The fourth-order valence-electron chi connectivity index (χ4n) is 1.68. The zero-order chi connectivity index (χ0) is 14.7. The van der Waals surface area contributed by atoms with E-state index < -0.39 is 28.0 Å². The van der Waals surface area contributed by atoms with E-state index in [1.54, 1.807) is 6.92 Å². The van der Waals surface area contributed by atoms with E-state index in [2.05, 4.69) is 4.72 Å². The minimum Gasteiger partial charge on any atom is -0.392 e. The van der Waals surface area contributed by atoms with E-state index in [1.807, 2.05) is 13.8 Å². The Morgan fingerprint density at radius 2 is 1.89 bits per heavy atom. The van der Waals surface area contributed by atoms with Gasteiger partial charge in [-0.25, -0.2) is 17.5 Å². The molecule has 6 heteroatoms. The fourth-order valence-corrected chi connectivity index (χ4v) is 3.48. The highest BCUT2D eigenvalue weighted by Gasteiger charge is 2.29. The molecule has 2 N–H and O–H groups in total. The highest BCUT2D eigenvalue weighted by atomic mass is 32.2. The van der Waals surface area contributed by atoms with Crippen LogP contribution in [0, 0.1) is 5.82 Å². The number of aliphatic hydroxyl groups is 1. The Morgan fingerprint density at radius 3 is 2.37 bits per heavy atom. The van der Waals surface area contributed by atoms with Crippen molar-refractivity contribution in [2.24, 2.45) is 0 Å². The molecule has 0 aliphatic carbocycles. The monoisotopic (exact) mass is 289 g/mol. The Hall–Kier alpha value is -0.980. The molecule has 0 saturated heterocycles. The molecule has 0 spiro atoms. The first-order valence-electron chi connectivity index (χ1n) is 6.21. The summed E-state index contributed by atoms with van der Waals surface area (Å²) in [5.74, 6) is -0.646. The molecule has 0 bridgehead atoms. The van der Waals surface area contributed by atoms with Gasteiger partial charge in [-0.05, 0) is 37.5 Å². The molecule has 0 saturated carbocycles. The molecule has 0 aliphatic rings. The SMILES string of the molecule is CCC(C)(CC)NS(=O)(=O)c1cc(F)ccc1CO. The molecule has 0 atom stereocenters. The predicted octanol–water partition coefficient (Wildman–Crippen LogP) is 2.18. The number of hydrogen-bond acceptors (Lipinski definition) is 3. The van der Waals surface area contributed by atoms with Crippen LogP contribution in [0.25, 0.3) is 0 Å². The van der Waals surface area contributed by atoms with Gasteiger partial charge in [0.25, 0.3) is 0 Å². The van der Waals surface area contributed by atoms with Gasteiger partial charge in [0.2, 0.25) is 10.0 Å². The molecule has 4 nitrogen and oxygen atoms in total. The van der Waals surface area contributed by atoms with Crippen molar-refractivity contribution in [3.05, 3.63) is 29.6 Å². The second-order valence-corrected chi connectivity index (χ2v) is 6.43. The van der Waals surface area contributed by atoms with Gasteiger partial charge in [-0.15, -0.1) is 0 Å². The van der Waals surface area contributed by atoms with Crippen molar-refractivity contribution in [3.63, 3.8) is 0 Å². The molecule has 1 aromatic carbocycles. The standard InChI is InChI=1S/C13H20FNO3S/c1-4-13(3,5-2)15-19(17,18)12-8-11(14)7-6-10(12)9-16/h6-8,15-16H,4-5,9H2,1-3H3. The summed E-state index contributed by atoms with van der Waals surface area (Å²) in [6, 6.07) is 3.34. The van der Waals surface area contributed by atoms with Crippen LogP contribution < -0.4 is 4.72 Å². The van der Waals surface area contributed by atoms with Crippen molar-refractivity contribution < 1.29 is 17.9 Å². The summed E-state index contributed by atoms with van der Waals surface area (Å²) >= 11 is 0. The van der Waals surface area contributed by atoms with Gasteiger partial charge in [0, 0.05) is 5.54 Å². The van der Waals surface area contributed by atoms with E-state index in [0.717, 1.165) is 12.1 Å². The molecule has 0 aromatic heterocycles. The molecule has 0 aliphatic heterocycles. The molecular weight excluding hydrogens is 269 g/mol. The van der Waals surface area contributed by atoms with Crippen LogP contribution in [0.2, 0.25) is 0 Å². The third kappa shape index (κ3) is 3.75. The Kier molecular flexibility index (Phi) is 5.06. The van der Waals surface area contributed by atoms with Gasteiger partial charge in [0.15, 0.2) is 0 Å². The first-order valence-corrected chi connectivity index (χ1v) is 7.69. The van der Waals surface area contributed by atoms with Gasteiger partial charge in [-0.2, -0.15) is 0 Å². The van der Waals surface area contributed by atoms with E-state index in [9.17, 15) is 17.9 Å². The van der Waals surface area contributed by atoms with Gasteiger partial charge in [0.1, 0.15) is 5.82 Å². The molecule has 0 amide bonds. The number of halogens is 1. The molecule has 0 unspecified atom stereocenters. The minimum atomic E-state index is -3.86. The van der Waals surface area contributed by atoms with E-state index in [-0.39, 0.29) is 10.5 Å². The summed E-state index contributed by atoms with van der Waals surface area (Å²) in [7, 11) is -3.86. The molecule has 0 radical (unpaired) electrons. The molecule has 0 fully saturated rings. The Bertz CT molecular complexity index is 539. The summed E-state index contributed by atoms with van der Waals surface area (Å²) in [4.78, 5) is -0.205. The summed E-state index contributed by atoms with van der Waals surface area (Å²) in [6.45, 7) is 5.10. The van der Waals surface area contributed by atoms with Gasteiger partial charge in [0.05, 0.1) is 11.5 Å². The third-order valence-corrected chi connectivity index (χ3v) is 5.15. The van der Waals surface area contributed by atoms with Gasteiger partial charge in [-0.1, -0.05) is 19.9 Å². The second-order valence-electron chi connectivity index (χ2n) is 4.78. The second kappa shape index (κ2) is 5.98. The van der Waals surface area contributed by atoms with Crippen molar-refractivity contribution >= 4 is 10.0 Å². The highest BCUT2D eigenvalue weighted by Crippen LogP contribution is 2.22. The van der Waals surface area contributed by atoms with Crippen molar-refractivity contribution in [3.8, 4) is 0 Å². The molecule has 19 heavy (non-hydrogen) atoms. The molecular formula is C13H20FNO3S. The number of benzene rings is 1. The minimum absolute atomic E-state index is 0.184. The zero-order valence-corrected chi connectivity index (χ0v) is 12.2. The molecule has 0 heterocycles. The number of nitrogens with one attached hydrogen (secondary N) is 1. The lowest BCUT2D eigenvalue weighted by Crippen LogP contribution is -2.45. The van der Waals surface area contributed by atoms with Gasteiger partial charge < -0.3 is 5.11 Å². The quantitative estimate of drug-likeness (QED) is 0.843. The number of sulfonamides is 1. The van der Waals surface area contributed by atoms with Crippen molar-refractivity contribution in [1.82, 2.24) is 4.72 Å². The van der Waals surface area contributed by atoms with Crippen molar-refractivity contribution in [2.45, 2.75) is 50.7 Å². The van der Waals surface area contributed by atoms with E-state index in [4.69, 9.17) is 0 Å². The molecule has 1 aromatic rings.